The summed E-state index contributed by atoms with van der Waals surface area (Å²) in [5.41, 5.74) is 4.47. The third-order valence-corrected chi connectivity index (χ3v) is 8.68. The molecule has 1 aromatic rings. The molecule has 0 saturated heterocycles. The molecule has 0 aliphatic heterocycles. The maximum absolute atomic E-state index is 14.9. The van der Waals surface area contributed by atoms with Crippen molar-refractivity contribution in [3.05, 3.63) is 35.0 Å². The van der Waals surface area contributed by atoms with Gasteiger partial charge in [-0.25, -0.2) is 4.39 Å². The zero-order valence-corrected chi connectivity index (χ0v) is 29.2. The van der Waals surface area contributed by atoms with Crippen molar-refractivity contribution in [2.24, 2.45) is 11.1 Å². The van der Waals surface area contributed by atoms with Crippen molar-refractivity contribution in [1.82, 2.24) is 0 Å². The smallest absolute Gasteiger partial charge is 0.208 e. The highest BCUT2D eigenvalue weighted by molar-refractivity contribution is 7.09. The van der Waals surface area contributed by atoms with Crippen LogP contribution in [0.2, 0.25) is 0 Å². The van der Waals surface area contributed by atoms with Gasteiger partial charge in [-0.2, -0.15) is 0 Å². The van der Waals surface area contributed by atoms with Gasteiger partial charge in [0.05, 0.1) is 71.7 Å². The van der Waals surface area contributed by atoms with Gasteiger partial charge in [0, 0.05) is 29.7 Å². The number of alkyl halides is 1. The number of halogens is 1. The van der Waals surface area contributed by atoms with Crippen LogP contribution in [0.4, 0.5) is 4.39 Å². The number of thiophene rings is 1. The molecule has 45 heavy (non-hydrogen) atoms. The summed E-state index contributed by atoms with van der Waals surface area (Å²) in [6.07, 6.45) is 2.24. The second kappa shape index (κ2) is 21.8. The molecule has 0 bridgehead atoms. The lowest BCUT2D eigenvalue weighted by Gasteiger charge is -2.44. The van der Waals surface area contributed by atoms with Crippen molar-refractivity contribution in [2.45, 2.75) is 96.6 Å². The molecule has 5 atom stereocenters. The van der Waals surface area contributed by atoms with Gasteiger partial charge in [0.2, 0.25) is 5.85 Å². The summed E-state index contributed by atoms with van der Waals surface area (Å²) < 4.78 is 54.3. The first-order valence-electron chi connectivity index (χ1n) is 15.9. The maximum atomic E-state index is 14.9. The Labute approximate surface area is 274 Å². The largest absolute Gasteiger partial charge is 0.388 e. The molecule has 0 spiro atoms. The van der Waals surface area contributed by atoms with Crippen LogP contribution in [0.15, 0.2) is 30.2 Å². The molecule has 0 radical (unpaired) electrons. The molecular weight excluding hydrogens is 605 g/mol. The number of aliphatic hydroxyl groups is 2. The van der Waals surface area contributed by atoms with E-state index in [4.69, 9.17) is 38.9 Å². The van der Waals surface area contributed by atoms with Crippen LogP contribution in [-0.4, -0.2) is 112 Å². The van der Waals surface area contributed by atoms with Gasteiger partial charge in [0.1, 0.15) is 17.9 Å². The van der Waals surface area contributed by atoms with Gasteiger partial charge in [-0.05, 0) is 52.0 Å². The van der Waals surface area contributed by atoms with Crippen LogP contribution < -0.4 is 5.73 Å². The summed E-state index contributed by atoms with van der Waals surface area (Å²) >= 11 is 1.69. The van der Waals surface area contributed by atoms with E-state index >= 15 is 0 Å². The fourth-order valence-corrected chi connectivity index (χ4v) is 4.71. The molecule has 0 aromatic carbocycles. The monoisotopic (exact) mass is 665 g/mol. The molecule has 0 saturated carbocycles. The number of ether oxygens (including phenoxy) is 7. The minimum absolute atomic E-state index is 0.0210. The first-order chi connectivity index (χ1) is 21.2. The number of hydrogen-bond donors (Lipinski definition) is 3. The summed E-state index contributed by atoms with van der Waals surface area (Å²) in [7, 11) is 0. The highest BCUT2D eigenvalue weighted by Crippen LogP contribution is 2.36. The van der Waals surface area contributed by atoms with E-state index in [0.717, 1.165) is 6.42 Å². The highest BCUT2D eigenvalue weighted by Gasteiger charge is 2.43. The van der Waals surface area contributed by atoms with Crippen molar-refractivity contribution in [3.63, 3.8) is 0 Å². The van der Waals surface area contributed by atoms with Crippen molar-refractivity contribution >= 4 is 11.3 Å². The second-order valence-corrected chi connectivity index (χ2v) is 13.6. The van der Waals surface area contributed by atoms with Gasteiger partial charge < -0.3 is 49.1 Å². The predicted octanol–water partition coefficient (Wildman–Crippen LogP) is 4.65. The lowest BCUT2D eigenvalue weighted by molar-refractivity contribution is -0.191. The predicted molar refractivity (Wildman–Crippen MR) is 175 cm³/mol. The summed E-state index contributed by atoms with van der Waals surface area (Å²) in [6, 6.07) is 4.08. The zero-order chi connectivity index (χ0) is 33.8. The molecule has 5 unspecified atom stereocenters. The molecule has 10 nitrogen and oxygen atoms in total. The van der Waals surface area contributed by atoms with Crippen LogP contribution in [-0.2, 0) is 39.6 Å². The molecule has 1 rings (SSSR count). The van der Waals surface area contributed by atoms with Gasteiger partial charge in [0.25, 0.3) is 0 Å². The third-order valence-electron chi connectivity index (χ3n) is 7.74. The Morgan fingerprint density at radius 3 is 2.09 bits per heavy atom. The molecule has 1 aromatic heterocycles. The van der Waals surface area contributed by atoms with E-state index in [9.17, 15) is 14.6 Å². The topological polar surface area (TPSA) is 131 Å². The maximum Gasteiger partial charge on any atom is 0.208 e. The van der Waals surface area contributed by atoms with Crippen molar-refractivity contribution in [2.75, 3.05) is 72.7 Å². The fourth-order valence-electron chi connectivity index (χ4n) is 4.02. The normalized spacial score (nSPS) is 17.7. The Morgan fingerprint density at radius 1 is 0.867 bits per heavy atom. The van der Waals surface area contributed by atoms with Gasteiger partial charge >= 0.3 is 0 Å². The van der Waals surface area contributed by atoms with Gasteiger partial charge in [0.15, 0.2) is 0 Å². The van der Waals surface area contributed by atoms with Gasteiger partial charge in [-0.1, -0.05) is 26.0 Å². The summed E-state index contributed by atoms with van der Waals surface area (Å²) in [6.45, 7) is 17.1. The minimum Gasteiger partial charge on any atom is -0.388 e. The highest BCUT2D eigenvalue weighted by atomic mass is 32.1. The number of rotatable bonds is 29. The van der Waals surface area contributed by atoms with Crippen LogP contribution in [0.5, 0.6) is 0 Å². The molecule has 0 amide bonds. The molecular formula is C33H60FNO9S. The first-order valence-corrected chi connectivity index (χ1v) is 16.7. The number of nitrogens with two attached hydrogens (primary N) is 1. The van der Waals surface area contributed by atoms with E-state index in [1.165, 1.54) is 11.8 Å². The third kappa shape index (κ3) is 18.8. The van der Waals surface area contributed by atoms with Crippen molar-refractivity contribution < 1.29 is 47.8 Å². The van der Waals surface area contributed by atoms with Crippen molar-refractivity contribution in [1.29, 1.82) is 0 Å². The Bertz CT molecular complexity index is 888. The van der Waals surface area contributed by atoms with Crippen molar-refractivity contribution in [3.8, 4) is 0 Å². The van der Waals surface area contributed by atoms with Crippen LogP contribution >= 0.6 is 11.3 Å². The second-order valence-electron chi connectivity index (χ2n) is 12.6. The lowest BCUT2D eigenvalue weighted by atomic mass is 9.78. The fraction of sp³-hybridized carbons (Fsp3) is 0.818. The Hall–Kier alpha value is -1.03. The van der Waals surface area contributed by atoms with E-state index in [1.807, 2.05) is 39.1 Å². The molecule has 0 fully saturated rings. The van der Waals surface area contributed by atoms with E-state index in [2.05, 4.69) is 12.6 Å². The first kappa shape index (κ1) is 42.0. The number of hydrogen-bond acceptors (Lipinski definition) is 11. The molecule has 4 N–H and O–H groups in total. The van der Waals surface area contributed by atoms with E-state index < -0.39 is 34.8 Å². The lowest BCUT2D eigenvalue weighted by Crippen LogP contribution is -2.57. The molecule has 264 valence electrons. The Morgan fingerprint density at radius 2 is 1.49 bits per heavy atom. The van der Waals surface area contributed by atoms with Gasteiger partial charge in [-0.3, -0.25) is 0 Å². The summed E-state index contributed by atoms with van der Waals surface area (Å²) in [4.78, 5) is 1.26. The molecule has 0 aliphatic rings. The molecule has 0 aliphatic carbocycles. The minimum atomic E-state index is -1.93. The van der Waals surface area contributed by atoms with Crippen LogP contribution in [0.1, 0.15) is 65.7 Å². The SMILES string of the molecule is C=CCOCC(O)COCCOC(C)(F)CCOC(C)(N)C(C)(CC)COC(C)(C)CCOCC(O)COCCc1cccs1. The van der Waals surface area contributed by atoms with E-state index in [1.54, 1.807) is 24.3 Å². The van der Waals surface area contributed by atoms with Crippen LogP contribution in [0.25, 0.3) is 0 Å². The average Bonchev–Trinajstić information content (AvgIpc) is 3.49. The number of aliphatic hydroxyl groups excluding tert-OH is 2. The Balaban J connectivity index is 2.31. The van der Waals surface area contributed by atoms with Crippen LogP contribution in [0.3, 0.4) is 0 Å². The quantitative estimate of drug-likeness (QED) is 0.0632. The van der Waals surface area contributed by atoms with Gasteiger partial charge in [-0.15, -0.1) is 17.9 Å². The van der Waals surface area contributed by atoms with E-state index in [-0.39, 0.29) is 52.7 Å². The Kier molecular flexibility index (Phi) is 20.3. The average molecular weight is 666 g/mol. The van der Waals surface area contributed by atoms with E-state index in [0.29, 0.717) is 39.3 Å². The standard InChI is InChI=1S/C33H60FNO9S/c1-8-15-38-22-27(36)25-41-19-20-42-32(6,34)14-18-43-33(7,35)31(5,9-2)26-44-30(3,4)13-17-40-24-28(37)23-39-16-12-29-11-10-21-45-29/h8,10-11,21,27-28,36-37H,1,9,12-20,22-26,35H2,2-7H3. The zero-order valence-electron chi connectivity index (χ0n) is 28.4. The summed E-state index contributed by atoms with van der Waals surface area (Å²) in [5.74, 6) is -1.93. The summed E-state index contributed by atoms with van der Waals surface area (Å²) in [5, 5.41) is 21.9. The molecule has 12 heteroatoms. The molecule has 1 heterocycles. The van der Waals surface area contributed by atoms with Crippen LogP contribution in [0, 0.1) is 5.41 Å².